The monoisotopic (exact) mass is 298 g/mol. The van der Waals surface area contributed by atoms with Crippen molar-refractivity contribution < 1.29 is 22.3 Å². The van der Waals surface area contributed by atoms with Crippen molar-refractivity contribution in [3.8, 4) is 0 Å². The van der Waals surface area contributed by atoms with E-state index < -0.39 is 19.0 Å². The van der Waals surface area contributed by atoms with E-state index >= 15 is 0 Å². The molecule has 0 saturated carbocycles. The molecule has 0 radical (unpaired) electrons. The van der Waals surface area contributed by atoms with Crippen molar-refractivity contribution in [2.45, 2.75) is 19.0 Å². The summed E-state index contributed by atoms with van der Waals surface area (Å²) in [5, 5.41) is 7.34. The molecule has 0 amide bonds. The normalized spacial score (nSPS) is 11.9. The van der Waals surface area contributed by atoms with Crippen LogP contribution in [0.15, 0.2) is 18.2 Å². The molecule has 3 nitrogen and oxygen atoms in total. The molecule has 0 bridgehead atoms. The first kappa shape index (κ1) is 15.7. The van der Waals surface area contributed by atoms with Gasteiger partial charge in [-0.3, -0.25) is 5.41 Å². The zero-order chi connectivity index (χ0) is 14.6. The van der Waals surface area contributed by atoms with Gasteiger partial charge in [0.2, 0.25) is 0 Å². The lowest BCUT2D eigenvalue weighted by atomic mass is 10.1. The molecule has 0 atom stereocenters. The van der Waals surface area contributed by atoms with E-state index in [1.807, 2.05) is 0 Å². The van der Waals surface area contributed by atoms with Crippen molar-refractivity contribution in [2.75, 3.05) is 6.61 Å². The maximum absolute atomic E-state index is 12.6. The number of hydrogen-bond acceptors (Lipinski definition) is 2. The molecular weight excluding hydrogens is 288 g/mol. The standard InChI is InChI=1S/C11H11ClF4N2O/c12-8-3-6(9(17)18)1-2-7(8)4-19-5-11(15,16)10(13)14/h1-3,10H,4-5H2,(H3,17,18). The Hall–Kier alpha value is -1.34. The SMILES string of the molecule is N=C(N)c1ccc(COCC(F)(F)C(F)F)c(Cl)c1. The Labute approximate surface area is 111 Å². The minimum atomic E-state index is -4.19. The van der Waals surface area contributed by atoms with Crippen LogP contribution in [0.25, 0.3) is 0 Å². The molecule has 1 aromatic rings. The van der Waals surface area contributed by atoms with Crippen molar-refractivity contribution in [1.29, 1.82) is 5.41 Å². The van der Waals surface area contributed by atoms with Gasteiger partial charge in [-0.1, -0.05) is 23.7 Å². The van der Waals surface area contributed by atoms with E-state index in [1.54, 1.807) is 0 Å². The fraction of sp³-hybridized carbons (Fsp3) is 0.364. The van der Waals surface area contributed by atoms with Gasteiger partial charge in [0, 0.05) is 10.6 Å². The van der Waals surface area contributed by atoms with Crippen LogP contribution in [0.5, 0.6) is 0 Å². The predicted molar refractivity (Wildman–Crippen MR) is 63.1 cm³/mol. The topological polar surface area (TPSA) is 59.1 Å². The number of benzene rings is 1. The van der Waals surface area contributed by atoms with Crippen LogP contribution in [-0.4, -0.2) is 24.8 Å². The average molecular weight is 299 g/mol. The molecule has 1 rings (SSSR count). The Kier molecular flexibility index (Phi) is 5.13. The van der Waals surface area contributed by atoms with Gasteiger partial charge in [-0.15, -0.1) is 0 Å². The summed E-state index contributed by atoms with van der Waals surface area (Å²) < 4.78 is 53.4. The summed E-state index contributed by atoms with van der Waals surface area (Å²) in [4.78, 5) is 0. The van der Waals surface area contributed by atoms with Gasteiger partial charge in [-0.2, -0.15) is 8.78 Å². The van der Waals surface area contributed by atoms with Crippen molar-refractivity contribution >= 4 is 17.4 Å². The zero-order valence-corrected chi connectivity index (χ0v) is 10.4. The van der Waals surface area contributed by atoms with Crippen molar-refractivity contribution in [3.63, 3.8) is 0 Å². The first-order chi connectivity index (χ1) is 8.74. The van der Waals surface area contributed by atoms with Gasteiger partial charge in [-0.05, 0) is 11.6 Å². The van der Waals surface area contributed by atoms with Crippen LogP contribution >= 0.6 is 11.6 Å². The predicted octanol–water partition coefficient (Wildman–Crippen LogP) is 3.04. The lowest BCUT2D eigenvalue weighted by molar-refractivity contribution is -0.168. The second-order valence-corrected chi connectivity index (χ2v) is 4.18. The highest BCUT2D eigenvalue weighted by atomic mass is 35.5. The number of hydrogen-bond donors (Lipinski definition) is 2. The molecule has 0 aliphatic carbocycles. The van der Waals surface area contributed by atoms with E-state index in [1.165, 1.54) is 18.2 Å². The third kappa shape index (κ3) is 4.36. The summed E-state index contributed by atoms with van der Waals surface area (Å²) in [5.41, 5.74) is 5.95. The van der Waals surface area contributed by atoms with Crippen LogP contribution < -0.4 is 5.73 Å². The smallest absolute Gasteiger partial charge is 0.330 e. The largest absolute Gasteiger partial charge is 0.384 e. The van der Waals surface area contributed by atoms with Crippen molar-refractivity contribution in [2.24, 2.45) is 5.73 Å². The number of alkyl halides is 4. The second-order valence-electron chi connectivity index (χ2n) is 3.77. The highest BCUT2D eigenvalue weighted by Gasteiger charge is 2.40. The van der Waals surface area contributed by atoms with E-state index in [4.69, 9.17) is 22.7 Å². The molecule has 0 saturated heterocycles. The van der Waals surface area contributed by atoms with Gasteiger partial charge in [0.15, 0.2) is 0 Å². The molecule has 0 unspecified atom stereocenters. The Bertz CT molecular complexity index is 468. The Balaban J connectivity index is 2.62. The minimum absolute atomic E-state index is 0.160. The van der Waals surface area contributed by atoms with Gasteiger partial charge in [0.05, 0.1) is 6.61 Å². The highest BCUT2D eigenvalue weighted by Crippen LogP contribution is 2.24. The Morgan fingerprint density at radius 2 is 2.05 bits per heavy atom. The number of nitrogens with one attached hydrogen (secondary N) is 1. The third-order valence-corrected chi connectivity index (χ3v) is 2.59. The van der Waals surface area contributed by atoms with Gasteiger partial charge < -0.3 is 10.5 Å². The van der Waals surface area contributed by atoms with Crippen LogP contribution in [-0.2, 0) is 11.3 Å². The van der Waals surface area contributed by atoms with Crippen LogP contribution in [0, 0.1) is 5.41 Å². The van der Waals surface area contributed by atoms with Gasteiger partial charge in [0.25, 0.3) is 0 Å². The molecule has 0 fully saturated rings. The third-order valence-electron chi connectivity index (χ3n) is 2.24. The molecule has 0 aliphatic heterocycles. The van der Waals surface area contributed by atoms with Gasteiger partial charge in [0.1, 0.15) is 12.4 Å². The molecule has 106 valence electrons. The second kappa shape index (κ2) is 6.21. The van der Waals surface area contributed by atoms with E-state index in [-0.39, 0.29) is 17.5 Å². The maximum atomic E-state index is 12.6. The van der Waals surface area contributed by atoms with Crippen LogP contribution in [0.4, 0.5) is 17.6 Å². The lowest BCUT2D eigenvalue weighted by Gasteiger charge is -2.15. The summed E-state index contributed by atoms with van der Waals surface area (Å²) in [6.45, 7) is -1.73. The molecule has 19 heavy (non-hydrogen) atoms. The van der Waals surface area contributed by atoms with Crippen molar-refractivity contribution in [3.05, 3.63) is 34.3 Å². The van der Waals surface area contributed by atoms with E-state index in [9.17, 15) is 17.6 Å². The number of rotatable bonds is 6. The number of amidine groups is 1. The average Bonchev–Trinajstić information content (AvgIpc) is 2.30. The van der Waals surface area contributed by atoms with E-state index in [0.717, 1.165) is 0 Å². The van der Waals surface area contributed by atoms with Gasteiger partial charge >= 0.3 is 12.3 Å². The number of nitrogens with two attached hydrogens (primary N) is 1. The van der Waals surface area contributed by atoms with Crippen molar-refractivity contribution in [1.82, 2.24) is 0 Å². The molecule has 1 aromatic carbocycles. The fourth-order valence-electron chi connectivity index (χ4n) is 1.19. The summed E-state index contributed by atoms with van der Waals surface area (Å²) in [7, 11) is 0. The zero-order valence-electron chi connectivity index (χ0n) is 9.60. The maximum Gasteiger partial charge on any atom is 0.330 e. The molecule has 0 aromatic heterocycles. The number of nitrogen functional groups attached to an aromatic ring is 1. The molecule has 0 heterocycles. The summed E-state index contributed by atoms with van der Waals surface area (Å²) in [6.07, 6.45) is -3.77. The Morgan fingerprint density at radius 3 is 2.53 bits per heavy atom. The van der Waals surface area contributed by atoms with Crippen LogP contribution in [0.2, 0.25) is 5.02 Å². The van der Waals surface area contributed by atoms with Gasteiger partial charge in [-0.25, -0.2) is 8.78 Å². The van der Waals surface area contributed by atoms with Crippen LogP contribution in [0.3, 0.4) is 0 Å². The quantitative estimate of drug-likeness (QED) is 0.482. The molecule has 0 aliphatic rings. The first-order valence-electron chi connectivity index (χ1n) is 5.10. The van der Waals surface area contributed by atoms with E-state index in [0.29, 0.717) is 11.1 Å². The Morgan fingerprint density at radius 1 is 1.42 bits per heavy atom. The summed E-state index contributed by atoms with van der Waals surface area (Å²) in [6, 6.07) is 4.26. The molecule has 0 spiro atoms. The fourth-order valence-corrected chi connectivity index (χ4v) is 1.43. The first-order valence-corrected chi connectivity index (χ1v) is 5.48. The van der Waals surface area contributed by atoms with Crippen LogP contribution in [0.1, 0.15) is 11.1 Å². The number of halogens is 5. The highest BCUT2D eigenvalue weighted by molar-refractivity contribution is 6.31. The summed E-state index contributed by atoms with van der Waals surface area (Å²) >= 11 is 5.82. The lowest BCUT2D eigenvalue weighted by Crippen LogP contribution is -2.32. The summed E-state index contributed by atoms with van der Waals surface area (Å²) in [5.74, 6) is -4.38. The molecular formula is C11H11ClF4N2O. The van der Waals surface area contributed by atoms with E-state index in [2.05, 4.69) is 4.74 Å². The number of ether oxygens (including phenoxy) is 1. The molecule has 8 heteroatoms. The molecule has 3 N–H and O–H groups in total. The minimum Gasteiger partial charge on any atom is -0.384 e.